The van der Waals surface area contributed by atoms with Gasteiger partial charge in [0.25, 0.3) is 0 Å². The van der Waals surface area contributed by atoms with E-state index in [4.69, 9.17) is 4.74 Å². The van der Waals surface area contributed by atoms with E-state index in [1.54, 1.807) is 4.90 Å². The van der Waals surface area contributed by atoms with Crippen LogP contribution in [0.5, 0.6) is 0 Å². The molecule has 0 aromatic carbocycles. The number of alkyl halides is 1. The second-order valence-corrected chi connectivity index (χ2v) is 5.74. The van der Waals surface area contributed by atoms with Crippen LogP contribution >= 0.6 is 22.6 Å². The lowest BCUT2D eigenvalue weighted by Gasteiger charge is -2.36. The van der Waals surface area contributed by atoms with Crippen LogP contribution in [0.25, 0.3) is 0 Å². The standard InChI is InChI=1S/C8H14INO2.C2H6/c1-8(2,3)12-7(11)10-4-6(9)5-10;1-2/h6H,4-5H2,1-3H3;1-2H3. The summed E-state index contributed by atoms with van der Waals surface area (Å²) >= 11 is 2.33. The van der Waals surface area contributed by atoms with E-state index < -0.39 is 0 Å². The first kappa shape index (κ1) is 14.0. The highest BCUT2D eigenvalue weighted by Gasteiger charge is 2.31. The Balaban J connectivity index is 0.000000791. The van der Waals surface area contributed by atoms with Crippen molar-refractivity contribution in [2.45, 2.75) is 44.1 Å². The molecule has 0 aliphatic carbocycles. The monoisotopic (exact) mass is 313 g/mol. The van der Waals surface area contributed by atoms with Crippen LogP contribution in [0.1, 0.15) is 34.6 Å². The molecule has 1 aliphatic rings. The van der Waals surface area contributed by atoms with Gasteiger partial charge in [-0.1, -0.05) is 36.4 Å². The summed E-state index contributed by atoms with van der Waals surface area (Å²) < 4.78 is 5.78. The molecule has 0 spiro atoms. The van der Waals surface area contributed by atoms with E-state index in [9.17, 15) is 4.79 Å². The normalized spacial score (nSPS) is 16.6. The van der Waals surface area contributed by atoms with Crippen LogP contribution in [0.2, 0.25) is 0 Å². The Hall–Kier alpha value is 0. The van der Waals surface area contributed by atoms with E-state index in [1.807, 2.05) is 34.6 Å². The molecule has 0 unspecified atom stereocenters. The largest absolute Gasteiger partial charge is 0.444 e. The summed E-state index contributed by atoms with van der Waals surface area (Å²) in [7, 11) is 0. The number of halogens is 1. The molecule has 0 saturated carbocycles. The van der Waals surface area contributed by atoms with Crippen LogP contribution in [0, 0.1) is 0 Å². The third-order valence-electron chi connectivity index (χ3n) is 1.49. The summed E-state index contributed by atoms with van der Waals surface area (Å²) in [6, 6.07) is 0. The molecule has 0 aromatic rings. The third kappa shape index (κ3) is 5.02. The Bertz CT molecular complexity index is 183. The lowest BCUT2D eigenvalue weighted by Crippen LogP contribution is -2.52. The molecule has 0 atom stereocenters. The van der Waals surface area contributed by atoms with Crippen LogP contribution in [-0.2, 0) is 4.74 Å². The summed E-state index contributed by atoms with van der Waals surface area (Å²) in [5.74, 6) is 0. The maximum absolute atomic E-state index is 11.3. The van der Waals surface area contributed by atoms with Crippen molar-refractivity contribution in [2.24, 2.45) is 0 Å². The van der Waals surface area contributed by atoms with Gasteiger partial charge in [0.2, 0.25) is 0 Å². The molecular formula is C10H20INO2. The van der Waals surface area contributed by atoms with Crippen molar-refractivity contribution in [3.63, 3.8) is 0 Å². The van der Waals surface area contributed by atoms with Crippen LogP contribution in [0.4, 0.5) is 4.79 Å². The van der Waals surface area contributed by atoms with Gasteiger partial charge in [0.1, 0.15) is 5.60 Å². The van der Waals surface area contributed by atoms with Crippen LogP contribution in [0.15, 0.2) is 0 Å². The van der Waals surface area contributed by atoms with E-state index in [0.29, 0.717) is 3.92 Å². The van der Waals surface area contributed by atoms with Crippen LogP contribution in [-0.4, -0.2) is 33.6 Å². The van der Waals surface area contributed by atoms with Gasteiger partial charge in [0, 0.05) is 17.0 Å². The number of hydrogen-bond donors (Lipinski definition) is 0. The van der Waals surface area contributed by atoms with Crippen molar-refractivity contribution in [1.29, 1.82) is 0 Å². The Morgan fingerprint density at radius 2 is 1.79 bits per heavy atom. The van der Waals surface area contributed by atoms with Gasteiger partial charge in [0.05, 0.1) is 0 Å². The number of nitrogens with zero attached hydrogens (tertiary/aromatic N) is 1. The molecule has 1 amide bonds. The first-order chi connectivity index (χ1) is 6.38. The smallest absolute Gasteiger partial charge is 0.410 e. The zero-order valence-corrected chi connectivity index (χ0v) is 11.8. The summed E-state index contributed by atoms with van der Waals surface area (Å²) in [4.78, 5) is 13.0. The van der Waals surface area contributed by atoms with Gasteiger partial charge in [-0.05, 0) is 20.8 Å². The van der Waals surface area contributed by atoms with Crippen molar-refractivity contribution in [3.8, 4) is 0 Å². The molecule has 0 aromatic heterocycles. The third-order valence-corrected chi connectivity index (χ3v) is 2.28. The molecule has 3 nitrogen and oxygen atoms in total. The fourth-order valence-corrected chi connectivity index (χ4v) is 1.85. The number of carbonyl (C=O) groups is 1. The van der Waals surface area contributed by atoms with Crippen molar-refractivity contribution in [1.82, 2.24) is 4.90 Å². The summed E-state index contributed by atoms with van der Waals surface area (Å²) in [6.07, 6.45) is -0.185. The first-order valence-corrected chi connectivity index (χ1v) is 6.25. The molecule has 1 aliphatic heterocycles. The molecule has 0 bridgehead atoms. The predicted octanol–water partition coefficient (Wildman–Crippen LogP) is 3.07. The zero-order chi connectivity index (χ0) is 11.4. The molecule has 4 heteroatoms. The fourth-order valence-electron chi connectivity index (χ4n) is 0.900. The van der Waals surface area contributed by atoms with E-state index >= 15 is 0 Å². The van der Waals surface area contributed by atoms with Crippen molar-refractivity contribution in [2.75, 3.05) is 13.1 Å². The number of hydrogen-bond acceptors (Lipinski definition) is 2. The quantitative estimate of drug-likeness (QED) is 0.508. The molecule has 1 fully saturated rings. The van der Waals surface area contributed by atoms with Gasteiger partial charge in [-0.25, -0.2) is 4.79 Å². The van der Waals surface area contributed by atoms with E-state index in [2.05, 4.69) is 22.6 Å². The highest BCUT2D eigenvalue weighted by Crippen LogP contribution is 2.19. The van der Waals surface area contributed by atoms with E-state index in [1.165, 1.54) is 0 Å². The molecule has 84 valence electrons. The van der Waals surface area contributed by atoms with E-state index in [0.717, 1.165) is 13.1 Å². The molecular weight excluding hydrogens is 293 g/mol. The fraction of sp³-hybridized carbons (Fsp3) is 0.900. The maximum atomic E-state index is 11.3. The minimum absolute atomic E-state index is 0.185. The van der Waals surface area contributed by atoms with Crippen molar-refractivity contribution >= 4 is 28.7 Å². The van der Waals surface area contributed by atoms with Crippen LogP contribution < -0.4 is 0 Å². The van der Waals surface area contributed by atoms with Crippen molar-refractivity contribution < 1.29 is 9.53 Å². The lowest BCUT2D eigenvalue weighted by atomic mass is 10.2. The van der Waals surface area contributed by atoms with Gasteiger partial charge in [-0.15, -0.1) is 0 Å². The second-order valence-electron chi connectivity index (χ2n) is 3.98. The zero-order valence-electron chi connectivity index (χ0n) is 9.63. The molecule has 0 radical (unpaired) electrons. The van der Waals surface area contributed by atoms with Crippen molar-refractivity contribution in [3.05, 3.63) is 0 Å². The Labute approximate surface area is 100 Å². The Morgan fingerprint density at radius 3 is 2.07 bits per heavy atom. The van der Waals surface area contributed by atoms with Crippen LogP contribution in [0.3, 0.4) is 0 Å². The number of likely N-dealkylation sites (tertiary alicyclic amines) is 1. The molecule has 14 heavy (non-hydrogen) atoms. The minimum Gasteiger partial charge on any atom is -0.444 e. The highest BCUT2D eigenvalue weighted by molar-refractivity contribution is 14.1. The maximum Gasteiger partial charge on any atom is 0.410 e. The van der Waals surface area contributed by atoms with Gasteiger partial charge in [0.15, 0.2) is 0 Å². The summed E-state index contributed by atoms with van der Waals surface area (Å²) in [5.41, 5.74) is -0.368. The molecule has 1 saturated heterocycles. The summed E-state index contributed by atoms with van der Waals surface area (Å²) in [5, 5.41) is 0. The Kier molecular flexibility index (Phi) is 5.78. The topological polar surface area (TPSA) is 29.5 Å². The summed E-state index contributed by atoms with van der Waals surface area (Å²) in [6.45, 7) is 11.3. The highest BCUT2D eigenvalue weighted by atomic mass is 127. The number of rotatable bonds is 0. The molecule has 1 heterocycles. The first-order valence-electron chi connectivity index (χ1n) is 5.00. The van der Waals surface area contributed by atoms with Gasteiger partial charge in [-0.3, -0.25) is 0 Å². The molecule has 0 N–H and O–H groups in total. The molecule has 1 rings (SSSR count). The predicted molar refractivity (Wildman–Crippen MR) is 67.0 cm³/mol. The minimum atomic E-state index is -0.368. The van der Waals surface area contributed by atoms with E-state index in [-0.39, 0.29) is 11.7 Å². The van der Waals surface area contributed by atoms with Gasteiger partial charge in [-0.2, -0.15) is 0 Å². The number of carbonyl (C=O) groups excluding carboxylic acids is 1. The second kappa shape index (κ2) is 5.78. The Morgan fingerprint density at radius 1 is 1.36 bits per heavy atom. The lowest BCUT2D eigenvalue weighted by molar-refractivity contribution is 0.0153. The van der Waals surface area contributed by atoms with Gasteiger partial charge < -0.3 is 9.64 Å². The average Bonchev–Trinajstić information content (AvgIpc) is 1.99. The SMILES string of the molecule is CC.CC(C)(C)OC(=O)N1CC(I)C1. The average molecular weight is 313 g/mol. The number of amides is 1. The van der Waals surface area contributed by atoms with Gasteiger partial charge >= 0.3 is 6.09 Å². The number of ether oxygens (including phenoxy) is 1.